The zero-order valence-electron chi connectivity index (χ0n) is 6.66. The van der Waals surface area contributed by atoms with Crippen LogP contribution in [0.3, 0.4) is 0 Å². The zero-order valence-corrected chi connectivity index (χ0v) is 6.66. The SMILES string of the molecule is C1=CCC(C2CC=NN2)CC1. The summed E-state index contributed by atoms with van der Waals surface area (Å²) in [6, 6.07) is 0.625. The van der Waals surface area contributed by atoms with Gasteiger partial charge in [0.05, 0.1) is 6.04 Å². The van der Waals surface area contributed by atoms with Gasteiger partial charge in [-0.05, 0) is 25.2 Å². The van der Waals surface area contributed by atoms with Crippen molar-refractivity contribution >= 4 is 6.21 Å². The highest BCUT2D eigenvalue weighted by atomic mass is 15.3. The van der Waals surface area contributed by atoms with Crippen LogP contribution in [0.5, 0.6) is 0 Å². The quantitative estimate of drug-likeness (QED) is 0.565. The Morgan fingerprint density at radius 1 is 1.27 bits per heavy atom. The first kappa shape index (κ1) is 6.89. The lowest BCUT2D eigenvalue weighted by Gasteiger charge is -2.23. The lowest BCUT2D eigenvalue weighted by Crippen LogP contribution is -2.29. The van der Waals surface area contributed by atoms with Crippen LogP contribution >= 0.6 is 0 Å². The van der Waals surface area contributed by atoms with Crippen LogP contribution in [0.2, 0.25) is 0 Å². The van der Waals surface area contributed by atoms with E-state index in [0.29, 0.717) is 6.04 Å². The minimum Gasteiger partial charge on any atom is -0.307 e. The maximum absolute atomic E-state index is 4.04. The molecule has 2 aliphatic rings. The second-order valence-corrected chi connectivity index (χ2v) is 3.33. The highest BCUT2D eigenvalue weighted by Gasteiger charge is 2.22. The fourth-order valence-electron chi connectivity index (χ4n) is 1.85. The molecule has 0 amide bonds. The Kier molecular flexibility index (Phi) is 1.93. The van der Waals surface area contributed by atoms with Crippen LogP contribution in [0.15, 0.2) is 17.3 Å². The van der Waals surface area contributed by atoms with Gasteiger partial charge in [-0.3, -0.25) is 0 Å². The van der Waals surface area contributed by atoms with E-state index in [1.54, 1.807) is 0 Å². The summed E-state index contributed by atoms with van der Waals surface area (Å²) < 4.78 is 0. The van der Waals surface area contributed by atoms with E-state index in [4.69, 9.17) is 0 Å². The Labute approximate surface area is 67.4 Å². The highest BCUT2D eigenvalue weighted by Crippen LogP contribution is 2.24. The number of nitrogens with one attached hydrogen (secondary N) is 1. The summed E-state index contributed by atoms with van der Waals surface area (Å²) in [6.07, 6.45) is 11.5. The summed E-state index contributed by atoms with van der Waals surface area (Å²) >= 11 is 0. The third-order valence-corrected chi connectivity index (χ3v) is 2.57. The smallest absolute Gasteiger partial charge is 0.0521 e. The number of hydrogen-bond acceptors (Lipinski definition) is 2. The van der Waals surface area contributed by atoms with Crippen LogP contribution in [-0.2, 0) is 0 Å². The fraction of sp³-hybridized carbons (Fsp3) is 0.667. The molecule has 1 aliphatic carbocycles. The molecule has 0 radical (unpaired) electrons. The van der Waals surface area contributed by atoms with Gasteiger partial charge in [-0.2, -0.15) is 5.10 Å². The predicted octanol–water partition coefficient (Wildman–Crippen LogP) is 1.69. The number of rotatable bonds is 1. The Balaban J connectivity index is 1.89. The average molecular weight is 150 g/mol. The third kappa shape index (κ3) is 1.44. The van der Waals surface area contributed by atoms with Crippen molar-refractivity contribution in [1.29, 1.82) is 0 Å². The van der Waals surface area contributed by atoms with Gasteiger partial charge in [-0.25, -0.2) is 0 Å². The van der Waals surface area contributed by atoms with Crippen molar-refractivity contribution in [3.8, 4) is 0 Å². The normalized spacial score (nSPS) is 35.6. The summed E-state index contributed by atoms with van der Waals surface area (Å²) in [5, 5.41) is 4.04. The first-order chi connectivity index (χ1) is 5.47. The predicted molar refractivity (Wildman–Crippen MR) is 46.5 cm³/mol. The van der Waals surface area contributed by atoms with Crippen molar-refractivity contribution in [1.82, 2.24) is 5.43 Å². The molecule has 0 saturated heterocycles. The van der Waals surface area contributed by atoms with Gasteiger partial charge in [0.1, 0.15) is 0 Å². The van der Waals surface area contributed by atoms with Crippen LogP contribution in [0.25, 0.3) is 0 Å². The minimum atomic E-state index is 0.625. The molecule has 0 aromatic carbocycles. The largest absolute Gasteiger partial charge is 0.307 e. The molecule has 0 aromatic heterocycles. The molecule has 1 N–H and O–H groups in total. The Morgan fingerprint density at radius 2 is 2.27 bits per heavy atom. The molecule has 11 heavy (non-hydrogen) atoms. The molecule has 2 nitrogen and oxygen atoms in total. The van der Waals surface area contributed by atoms with Gasteiger partial charge in [-0.15, -0.1) is 0 Å². The third-order valence-electron chi connectivity index (χ3n) is 2.57. The highest BCUT2D eigenvalue weighted by molar-refractivity contribution is 5.59. The Bertz CT molecular complexity index is 176. The summed E-state index contributed by atoms with van der Waals surface area (Å²) in [4.78, 5) is 0. The van der Waals surface area contributed by atoms with Gasteiger partial charge in [-0.1, -0.05) is 12.2 Å². The van der Waals surface area contributed by atoms with Crippen molar-refractivity contribution in [3.05, 3.63) is 12.2 Å². The molecule has 1 aliphatic heterocycles. The van der Waals surface area contributed by atoms with Gasteiger partial charge in [0.2, 0.25) is 0 Å². The maximum Gasteiger partial charge on any atom is 0.0521 e. The van der Waals surface area contributed by atoms with Gasteiger partial charge < -0.3 is 5.43 Å². The maximum atomic E-state index is 4.04. The van der Waals surface area contributed by atoms with Crippen molar-refractivity contribution in [3.63, 3.8) is 0 Å². The summed E-state index contributed by atoms with van der Waals surface area (Å²) in [5.74, 6) is 0.822. The van der Waals surface area contributed by atoms with Crippen LogP contribution in [0, 0.1) is 5.92 Å². The molecule has 0 saturated carbocycles. The zero-order chi connectivity index (χ0) is 7.52. The van der Waals surface area contributed by atoms with Crippen molar-refractivity contribution in [2.24, 2.45) is 11.0 Å². The van der Waals surface area contributed by atoms with E-state index in [-0.39, 0.29) is 0 Å². The van der Waals surface area contributed by atoms with E-state index < -0.39 is 0 Å². The van der Waals surface area contributed by atoms with Gasteiger partial charge >= 0.3 is 0 Å². The van der Waals surface area contributed by atoms with Gasteiger partial charge in [0.15, 0.2) is 0 Å². The minimum absolute atomic E-state index is 0.625. The fourth-order valence-corrected chi connectivity index (χ4v) is 1.85. The molecule has 2 atom stereocenters. The van der Waals surface area contributed by atoms with Crippen LogP contribution in [0.4, 0.5) is 0 Å². The first-order valence-electron chi connectivity index (χ1n) is 4.39. The van der Waals surface area contributed by atoms with Crippen LogP contribution in [-0.4, -0.2) is 12.3 Å². The van der Waals surface area contributed by atoms with E-state index in [2.05, 4.69) is 22.7 Å². The van der Waals surface area contributed by atoms with Gasteiger partial charge in [0.25, 0.3) is 0 Å². The summed E-state index contributed by atoms with van der Waals surface area (Å²) in [6.45, 7) is 0. The monoisotopic (exact) mass is 150 g/mol. The van der Waals surface area contributed by atoms with Crippen molar-refractivity contribution in [2.45, 2.75) is 31.7 Å². The number of nitrogens with zero attached hydrogens (tertiary/aromatic N) is 1. The van der Waals surface area contributed by atoms with Crippen LogP contribution in [0.1, 0.15) is 25.7 Å². The van der Waals surface area contributed by atoms with E-state index in [9.17, 15) is 0 Å². The Hall–Kier alpha value is -0.790. The van der Waals surface area contributed by atoms with Crippen molar-refractivity contribution in [2.75, 3.05) is 0 Å². The molecular formula is C9H14N2. The van der Waals surface area contributed by atoms with E-state index >= 15 is 0 Å². The molecule has 0 bridgehead atoms. The molecule has 2 heteroatoms. The van der Waals surface area contributed by atoms with E-state index in [0.717, 1.165) is 12.3 Å². The topological polar surface area (TPSA) is 24.4 Å². The Morgan fingerprint density at radius 3 is 2.91 bits per heavy atom. The lowest BCUT2D eigenvalue weighted by molar-refractivity contribution is 0.357. The summed E-state index contributed by atoms with van der Waals surface area (Å²) in [5.41, 5.74) is 3.16. The standard InChI is InChI=1S/C9H14N2/c1-2-4-8(5-3-1)9-6-7-10-11-9/h1-2,7-9,11H,3-6H2. The number of hydrogen-bond donors (Lipinski definition) is 1. The van der Waals surface area contributed by atoms with Gasteiger partial charge in [0, 0.05) is 12.6 Å². The number of allylic oxidation sites excluding steroid dienone is 2. The summed E-state index contributed by atoms with van der Waals surface area (Å²) in [7, 11) is 0. The molecule has 60 valence electrons. The second kappa shape index (κ2) is 3.07. The molecule has 1 heterocycles. The van der Waals surface area contributed by atoms with Crippen LogP contribution < -0.4 is 5.43 Å². The second-order valence-electron chi connectivity index (χ2n) is 3.33. The molecular weight excluding hydrogens is 136 g/mol. The number of hydrazone groups is 1. The molecule has 0 aromatic rings. The molecule has 0 spiro atoms. The molecule has 0 fully saturated rings. The molecule has 2 unspecified atom stereocenters. The average Bonchev–Trinajstić information content (AvgIpc) is 2.58. The lowest BCUT2D eigenvalue weighted by atomic mass is 9.87. The van der Waals surface area contributed by atoms with E-state index in [1.807, 2.05) is 6.21 Å². The van der Waals surface area contributed by atoms with E-state index in [1.165, 1.54) is 19.3 Å². The van der Waals surface area contributed by atoms with Crippen molar-refractivity contribution < 1.29 is 0 Å². The molecule has 2 rings (SSSR count). The first-order valence-corrected chi connectivity index (χ1v) is 4.39.